The molecule has 0 unspecified atom stereocenters. The molecule has 0 aliphatic heterocycles. The number of hydrogen-bond donors (Lipinski definition) is 3. The number of carbonyl (C=O) groups excluding carboxylic acids is 1. The molecule has 0 radical (unpaired) electrons. The van der Waals surface area contributed by atoms with Crippen LogP contribution in [0.4, 0.5) is 0 Å². The number of aromatic amines is 1. The highest BCUT2D eigenvalue weighted by Gasteiger charge is 2.14. The van der Waals surface area contributed by atoms with Crippen LogP contribution in [0.15, 0.2) is 69.3 Å². The Morgan fingerprint density at radius 2 is 1.78 bits per heavy atom. The summed E-state index contributed by atoms with van der Waals surface area (Å²) in [4.78, 5) is 38.1. The first-order valence-corrected chi connectivity index (χ1v) is 8.08. The smallest absolute Gasteiger partial charge is 0.335 e. The minimum absolute atomic E-state index is 0.293. The lowest BCUT2D eigenvalue weighted by Crippen LogP contribution is -2.31. The van der Waals surface area contributed by atoms with E-state index in [0.29, 0.717) is 16.3 Å². The van der Waals surface area contributed by atoms with Gasteiger partial charge < -0.3 is 5.11 Å². The van der Waals surface area contributed by atoms with Crippen LogP contribution >= 0.6 is 11.6 Å². The number of aromatic hydroxyl groups is 1. The Bertz CT molecular complexity index is 1120. The molecule has 0 saturated heterocycles. The van der Waals surface area contributed by atoms with E-state index in [-0.39, 0.29) is 5.56 Å². The predicted octanol–water partition coefficient (Wildman–Crippen LogP) is 1.65. The average Bonchev–Trinajstić information content (AvgIpc) is 2.66. The summed E-state index contributed by atoms with van der Waals surface area (Å²) in [5, 5.41) is 14.5. The van der Waals surface area contributed by atoms with Gasteiger partial charge in [0.25, 0.3) is 11.5 Å². The fourth-order valence-electron chi connectivity index (χ4n) is 2.29. The highest BCUT2D eigenvalue weighted by atomic mass is 35.5. The van der Waals surface area contributed by atoms with Crippen molar-refractivity contribution in [1.82, 2.24) is 15.0 Å². The predicted molar refractivity (Wildman–Crippen MR) is 101 cm³/mol. The van der Waals surface area contributed by atoms with Crippen molar-refractivity contribution >= 4 is 23.7 Å². The van der Waals surface area contributed by atoms with Crippen molar-refractivity contribution in [2.75, 3.05) is 0 Å². The van der Waals surface area contributed by atoms with E-state index in [1.54, 1.807) is 30.3 Å². The fraction of sp³-hybridized carbons (Fsp3) is 0. The monoisotopic (exact) mass is 384 g/mol. The van der Waals surface area contributed by atoms with Crippen LogP contribution in [0.25, 0.3) is 5.69 Å². The van der Waals surface area contributed by atoms with Crippen molar-refractivity contribution in [2.45, 2.75) is 0 Å². The van der Waals surface area contributed by atoms with Crippen molar-refractivity contribution < 1.29 is 9.90 Å². The van der Waals surface area contributed by atoms with E-state index in [1.807, 2.05) is 0 Å². The molecule has 3 rings (SSSR count). The number of carbonyl (C=O) groups is 1. The Morgan fingerprint density at radius 1 is 1.11 bits per heavy atom. The van der Waals surface area contributed by atoms with Crippen molar-refractivity contribution in [3.8, 4) is 11.6 Å². The molecule has 1 aromatic heterocycles. The van der Waals surface area contributed by atoms with Gasteiger partial charge >= 0.3 is 5.69 Å². The normalized spacial score (nSPS) is 10.9. The molecule has 0 fully saturated rings. The first-order valence-electron chi connectivity index (χ1n) is 7.70. The maximum Gasteiger partial charge on any atom is 0.335 e. The Balaban J connectivity index is 1.93. The molecule has 0 saturated carbocycles. The molecule has 27 heavy (non-hydrogen) atoms. The molecule has 3 N–H and O–H groups in total. The van der Waals surface area contributed by atoms with E-state index in [4.69, 9.17) is 11.6 Å². The molecule has 0 aliphatic carbocycles. The topological polar surface area (TPSA) is 117 Å². The number of halogens is 1. The van der Waals surface area contributed by atoms with Gasteiger partial charge in [0.05, 0.1) is 11.9 Å². The van der Waals surface area contributed by atoms with Crippen LogP contribution in [0.1, 0.15) is 15.9 Å². The van der Waals surface area contributed by atoms with Gasteiger partial charge in [-0.05, 0) is 36.4 Å². The van der Waals surface area contributed by atoms with Crippen LogP contribution in [0.3, 0.4) is 0 Å². The summed E-state index contributed by atoms with van der Waals surface area (Å²) in [6.07, 6.45) is 0.959. The van der Waals surface area contributed by atoms with Gasteiger partial charge in [0.2, 0.25) is 5.88 Å². The molecule has 8 nitrogen and oxygen atoms in total. The highest BCUT2D eigenvalue weighted by Crippen LogP contribution is 2.17. The molecule has 1 heterocycles. The second-order valence-electron chi connectivity index (χ2n) is 5.37. The van der Waals surface area contributed by atoms with E-state index >= 15 is 0 Å². The lowest BCUT2D eigenvalue weighted by atomic mass is 10.2. The first-order chi connectivity index (χ1) is 13.0. The van der Waals surface area contributed by atoms with Gasteiger partial charge in [-0.3, -0.25) is 14.6 Å². The number of hydrazone groups is 1. The van der Waals surface area contributed by atoms with E-state index in [0.717, 1.165) is 10.8 Å². The number of hydrogen-bond acceptors (Lipinski definition) is 5. The zero-order valence-electron chi connectivity index (χ0n) is 13.7. The summed E-state index contributed by atoms with van der Waals surface area (Å²) >= 11 is 5.81. The lowest BCUT2D eigenvalue weighted by molar-refractivity contribution is 0.0955. The zero-order chi connectivity index (χ0) is 19.4. The van der Waals surface area contributed by atoms with Gasteiger partial charge in [0, 0.05) is 10.6 Å². The summed E-state index contributed by atoms with van der Waals surface area (Å²) in [5.41, 5.74) is 0.943. The van der Waals surface area contributed by atoms with Gasteiger partial charge in [-0.25, -0.2) is 14.8 Å². The van der Waals surface area contributed by atoms with Gasteiger partial charge in [0.15, 0.2) is 0 Å². The molecule has 0 aliphatic rings. The molecule has 1 amide bonds. The molecule has 136 valence electrons. The Hall–Kier alpha value is -3.65. The molecule has 0 bridgehead atoms. The molecule has 0 spiro atoms. The molecule has 2 aromatic carbocycles. The van der Waals surface area contributed by atoms with Crippen molar-refractivity contribution in [1.29, 1.82) is 0 Å². The second-order valence-corrected chi connectivity index (χ2v) is 5.81. The number of aromatic nitrogens is 2. The van der Waals surface area contributed by atoms with E-state index in [1.165, 1.54) is 24.3 Å². The van der Waals surface area contributed by atoms with Crippen LogP contribution in [-0.2, 0) is 0 Å². The minimum atomic E-state index is -0.847. The number of amides is 1. The van der Waals surface area contributed by atoms with Crippen LogP contribution in [-0.4, -0.2) is 26.8 Å². The van der Waals surface area contributed by atoms with Gasteiger partial charge in [-0.2, -0.15) is 5.10 Å². The summed E-state index contributed by atoms with van der Waals surface area (Å²) in [6, 6.07) is 14.4. The summed E-state index contributed by atoms with van der Waals surface area (Å²) < 4.78 is 0.887. The van der Waals surface area contributed by atoms with Gasteiger partial charge in [-0.1, -0.05) is 29.8 Å². The minimum Gasteiger partial charge on any atom is -0.493 e. The van der Waals surface area contributed by atoms with Crippen LogP contribution < -0.4 is 16.7 Å². The second kappa shape index (κ2) is 7.71. The quantitative estimate of drug-likeness (QED) is 0.468. The number of nitrogens with zero attached hydrogens (tertiary/aromatic N) is 2. The molecule has 9 heteroatoms. The molecular formula is C18H13ClN4O4. The summed E-state index contributed by atoms with van der Waals surface area (Å²) in [6.45, 7) is 0. The van der Waals surface area contributed by atoms with Crippen LogP contribution in [0.5, 0.6) is 5.88 Å². The van der Waals surface area contributed by atoms with Crippen molar-refractivity contribution in [3.05, 3.63) is 91.6 Å². The first kappa shape index (κ1) is 18.2. The van der Waals surface area contributed by atoms with E-state index in [9.17, 15) is 19.5 Å². The van der Waals surface area contributed by atoms with Gasteiger partial charge in [0.1, 0.15) is 5.56 Å². The number of benzene rings is 2. The largest absolute Gasteiger partial charge is 0.493 e. The Labute approximate surface area is 157 Å². The van der Waals surface area contributed by atoms with E-state index < -0.39 is 23.0 Å². The standard InChI is InChI=1S/C18H13ClN4O4/c19-12-6-8-13(9-7-12)23-17(26)14(16(25)21-18(23)27)10-20-22-15(24)11-4-2-1-3-5-11/h1-10,26H,(H,22,24)(H,21,25,27)/b20-10+. The molecule has 0 atom stereocenters. The third-order valence-corrected chi connectivity index (χ3v) is 3.85. The van der Waals surface area contributed by atoms with Crippen molar-refractivity contribution in [2.24, 2.45) is 5.10 Å². The van der Waals surface area contributed by atoms with Crippen LogP contribution in [0.2, 0.25) is 5.02 Å². The third kappa shape index (κ3) is 3.96. The maximum absolute atomic E-state index is 12.1. The lowest BCUT2D eigenvalue weighted by Gasteiger charge is -2.09. The summed E-state index contributed by atoms with van der Waals surface area (Å²) in [7, 11) is 0. The third-order valence-electron chi connectivity index (χ3n) is 3.60. The van der Waals surface area contributed by atoms with E-state index in [2.05, 4.69) is 15.5 Å². The number of nitrogens with one attached hydrogen (secondary N) is 2. The van der Waals surface area contributed by atoms with Crippen LogP contribution in [0, 0.1) is 0 Å². The Morgan fingerprint density at radius 3 is 2.44 bits per heavy atom. The molecule has 3 aromatic rings. The summed E-state index contributed by atoms with van der Waals surface area (Å²) in [5.74, 6) is -1.11. The SMILES string of the molecule is O=C(N/N=C/c1c(O)n(-c2ccc(Cl)cc2)c(=O)[nH]c1=O)c1ccccc1. The number of rotatable bonds is 4. The Kier molecular flexibility index (Phi) is 5.18. The fourth-order valence-corrected chi connectivity index (χ4v) is 2.42. The average molecular weight is 385 g/mol. The van der Waals surface area contributed by atoms with Gasteiger partial charge in [-0.15, -0.1) is 0 Å². The molecular weight excluding hydrogens is 372 g/mol. The highest BCUT2D eigenvalue weighted by molar-refractivity contribution is 6.30. The maximum atomic E-state index is 12.1. The zero-order valence-corrected chi connectivity index (χ0v) is 14.5. The van der Waals surface area contributed by atoms with Crippen molar-refractivity contribution in [3.63, 3.8) is 0 Å². The number of H-pyrrole nitrogens is 1.